The largest absolute Gasteiger partial charge is 0.409 e. The van der Waals surface area contributed by atoms with E-state index in [1.165, 1.54) is 18.2 Å². The highest BCUT2D eigenvalue weighted by atomic mass is 28.4. The van der Waals surface area contributed by atoms with Crippen LogP contribution in [0.1, 0.15) is 18.6 Å². The molecule has 0 spiro atoms. The zero-order chi connectivity index (χ0) is 13.2. The lowest BCUT2D eigenvalue weighted by atomic mass is 10.0. The molecule has 0 bridgehead atoms. The summed E-state index contributed by atoms with van der Waals surface area (Å²) >= 11 is 0. The number of halogens is 2. The van der Waals surface area contributed by atoms with Gasteiger partial charge in [0.25, 0.3) is 0 Å². The van der Waals surface area contributed by atoms with E-state index in [1.807, 2.05) is 19.6 Å². The molecular formula is C12H19F2NOSi. The van der Waals surface area contributed by atoms with E-state index in [4.69, 9.17) is 10.2 Å². The van der Waals surface area contributed by atoms with Crippen LogP contribution in [0.15, 0.2) is 18.2 Å². The van der Waals surface area contributed by atoms with Gasteiger partial charge in [-0.1, -0.05) is 6.07 Å². The first kappa shape index (κ1) is 14.3. The first-order valence-corrected chi connectivity index (χ1v) is 9.00. The van der Waals surface area contributed by atoms with Gasteiger partial charge in [0, 0.05) is 6.04 Å². The zero-order valence-electron chi connectivity index (χ0n) is 10.6. The van der Waals surface area contributed by atoms with Gasteiger partial charge in [-0.25, -0.2) is 8.78 Å². The van der Waals surface area contributed by atoms with Crippen molar-refractivity contribution in [2.45, 2.75) is 38.7 Å². The fourth-order valence-corrected chi connectivity index (χ4v) is 2.69. The highest BCUT2D eigenvalue weighted by Crippen LogP contribution is 2.28. The van der Waals surface area contributed by atoms with E-state index in [0.717, 1.165) is 0 Å². The predicted molar refractivity (Wildman–Crippen MR) is 67.2 cm³/mol. The summed E-state index contributed by atoms with van der Waals surface area (Å²) in [6.07, 6.45) is -0.733. The van der Waals surface area contributed by atoms with E-state index in [0.29, 0.717) is 0 Å². The van der Waals surface area contributed by atoms with Crippen LogP contribution >= 0.6 is 0 Å². The van der Waals surface area contributed by atoms with Gasteiger partial charge >= 0.3 is 0 Å². The monoisotopic (exact) mass is 259 g/mol. The summed E-state index contributed by atoms with van der Waals surface area (Å²) in [6, 6.07) is 3.32. The second-order valence-electron chi connectivity index (χ2n) is 5.15. The van der Waals surface area contributed by atoms with Crippen LogP contribution in [-0.2, 0) is 4.43 Å². The lowest BCUT2D eigenvalue weighted by Gasteiger charge is -2.29. The molecule has 1 aromatic carbocycles. The summed E-state index contributed by atoms with van der Waals surface area (Å²) < 4.78 is 33.1. The van der Waals surface area contributed by atoms with Crippen LogP contribution in [0.2, 0.25) is 19.6 Å². The molecule has 0 amide bonds. The van der Waals surface area contributed by atoms with Crippen LogP contribution in [0, 0.1) is 11.6 Å². The summed E-state index contributed by atoms with van der Waals surface area (Å²) in [5, 5.41) is 0. The Bertz CT molecular complexity index is 370. The molecule has 1 aromatic rings. The number of hydrogen-bond donors (Lipinski definition) is 1. The molecule has 0 heterocycles. The van der Waals surface area contributed by atoms with Crippen molar-refractivity contribution in [3.05, 3.63) is 35.4 Å². The normalized spacial score (nSPS) is 15.7. The number of benzene rings is 1. The molecule has 0 saturated carbocycles. The number of nitrogens with two attached hydrogens (primary N) is 1. The lowest BCUT2D eigenvalue weighted by molar-refractivity contribution is 0.163. The van der Waals surface area contributed by atoms with Crippen molar-refractivity contribution in [2.24, 2.45) is 5.73 Å². The van der Waals surface area contributed by atoms with Crippen molar-refractivity contribution >= 4 is 8.32 Å². The summed E-state index contributed by atoms with van der Waals surface area (Å²) in [4.78, 5) is 0. The van der Waals surface area contributed by atoms with Crippen molar-refractivity contribution in [3.8, 4) is 0 Å². The van der Waals surface area contributed by atoms with Crippen LogP contribution in [0.4, 0.5) is 8.78 Å². The minimum Gasteiger partial charge on any atom is -0.409 e. The van der Waals surface area contributed by atoms with Crippen LogP contribution in [-0.4, -0.2) is 14.4 Å². The third-order valence-electron chi connectivity index (χ3n) is 2.24. The highest BCUT2D eigenvalue weighted by Gasteiger charge is 2.29. The van der Waals surface area contributed by atoms with Gasteiger partial charge in [-0.3, -0.25) is 0 Å². The summed E-state index contributed by atoms with van der Waals surface area (Å²) in [5.74, 6) is -1.21. The molecule has 0 aliphatic rings. The van der Waals surface area contributed by atoms with Crippen LogP contribution < -0.4 is 5.73 Å². The van der Waals surface area contributed by atoms with E-state index >= 15 is 0 Å². The van der Waals surface area contributed by atoms with Gasteiger partial charge in [-0.15, -0.1) is 0 Å². The summed E-state index contributed by atoms with van der Waals surface area (Å²) in [5.41, 5.74) is 5.71. The van der Waals surface area contributed by atoms with Crippen molar-refractivity contribution in [1.82, 2.24) is 0 Å². The van der Waals surface area contributed by atoms with Gasteiger partial charge in [0.15, 0.2) is 8.32 Å². The van der Waals surface area contributed by atoms with Crippen molar-refractivity contribution < 1.29 is 13.2 Å². The first-order valence-electron chi connectivity index (χ1n) is 5.59. The molecule has 1 rings (SSSR count). The topological polar surface area (TPSA) is 35.2 Å². The summed E-state index contributed by atoms with van der Waals surface area (Å²) in [6.45, 7) is 7.57. The molecule has 0 aromatic heterocycles. The first-order chi connectivity index (χ1) is 7.72. The van der Waals surface area contributed by atoms with Gasteiger partial charge in [0.2, 0.25) is 0 Å². The molecule has 0 aliphatic heterocycles. The van der Waals surface area contributed by atoms with E-state index in [2.05, 4.69) is 0 Å². The van der Waals surface area contributed by atoms with Crippen LogP contribution in [0.3, 0.4) is 0 Å². The molecule has 2 N–H and O–H groups in total. The Morgan fingerprint density at radius 2 is 1.65 bits per heavy atom. The van der Waals surface area contributed by atoms with Gasteiger partial charge in [-0.05, 0) is 38.7 Å². The number of rotatable bonds is 4. The standard InChI is InChI=1S/C12H19F2NOSi/c1-8(15)12(16-17(2,3)4)11-9(13)6-5-7-10(11)14/h5-8,12H,15H2,1-4H3. The Balaban J connectivity index is 3.15. The smallest absolute Gasteiger partial charge is 0.184 e. The molecule has 5 heteroatoms. The maximum atomic E-state index is 13.7. The van der Waals surface area contributed by atoms with Crippen LogP contribution in [0.5, 0.6) is 0 Å². The van der Waals surface area contributed by atoms with Gasteiger partial charge in [-0.2, -0.15) is 0 Å². The van der Waals surface area contributed by atoms with E-state index < -0.39 is 32.1 Å². The fraction of sp³-hybridized carbons (Fsp3) is 0.500. The molecule has 96 valence electrons. The highest BCUT2D eigenvalue weighted by molar-refractivity contribution is 6.69. The zero-order valence-corrected chi connectivity index (χ0v) is 11.6. The maximum Gasteiger partial charge on any atom is 0.184 e. The molecule has 0 fully saturated rings. The average molecular weight is 259 g/mol. The third kappa shape index (κ3) is 3.87. The van der Waals surface area contributed by atoms with Gasteiger partial charge in [0.05, 0.1) is 11.7 Å². The van der Waals surface area contributed by atoms with E-state index in [1.54, 1.807) is 6.92 Å². The second-order valence-corrected chi connectivity index (χ2v) is 9.61. The summed E-state index contributed by atoms with van der Waals surface area (Å²) in [7, 11) is -1.93. The third-order valence-corrected chi connectivity index (χ3v) is 3.20. The maximum absolute atomic E-state index is 13.7. The molecule has 2 atom stereocenters. The van der Waals surface area contributed by atoms with Crippen molar-refractivity contribution in [3.63, 3.8) is 0 Å². The Hall–Kier alpha value is -0.783. The van der Waals surface area contributed by atoms with E-state index in [-0.39, 0.29) is 5.56 Å². The van der Waals surface area contributed by atoms with Crippen molar-refractivity contribution in [2.75, 3.05) is 0 Å². The van der Waals surface area contributed by atoms with Gasteiger partial charge < -0.3 is 10.2 Å². The molecule has 0 saturated heterocycles. The Morgan fingerprint density at radius 1 is 1.18 bits per heavy atom. The lowest BCUT2D eigenvalue weighted by Crippen LogP contribution is -2.37. The average Bonchev–Trinajstić information content (AvgIpc) is 2.13. The molecule has 2 nitrogen and oxygen atoms in total. The Labute approximate surface area is 102 Å². The molecule has 0 radical (unpaired) electrons. The minimum absolute atomic E-state index is 0.0649. The minimum atomic E-state index is -1.93. The molecule has 2 unspecified atom stereocenters. The predicted octanol–water partition coefficient (Wildman–Crippen LogP) is 3.20. The SMILES string of the molecule is CC(N)C(O[Si](C)(C)C)c1c(F)cccc1F. The Kier molecular flexibility index (Phi) is 4.40. The number of hydrogen-bond acceptors (Lipinski definition) is 2. The van der Waals surface area contributed by atoms with Crippen molar-refractivity contribution in [1.29, 1.82) is 0 Å². The second kappa shape index (κ2) is 5.24. The molecule has 17 heavy (non-hydrogen) atoms. The van der Waals surface area contributed by atoms with Crippen LogP contribution in [0.25, 0.3) is 0 Å². The van der Waals surface area contributed by atoms with Gasteiger partial charge in [0.1, 0.15) is 11.6 Å². The Morgan fingerprint density at radius 3 is 2.00 bits per heavy atom. The quantitative estimate of drug-likeness (QED) is 0.843. The fourth-order valence-electron chi connectivity index (χ4n) is 1.59. The van der Waals surface area contributed by atoms with E-state index in [9.17, 15) is 8.78 Å². The molecular weight excluding hydrogens is 240 g/mol. The molecule has 0 aliphatic carbocycles.